The van der Waals surface area contributed by atoms with E-state index in [2.05, 4.69) is 25.9 Å². The van der Waals surface area contributed by atoms with Crippen LogP contribution in [0, 0.1) is 13.8 Å². The monoisotopic (exact) mass is 583 g/mol. The van der Waals surface area contributed by atoms with Gasteiger partial charge in [0, 0.05) is 32.7 Å². The van der Waals surface area contributed by atoms with Gasteiger partial charge in [-0.25, -0.2) is 14.8 Å². The van der Waals surface area contributed by atoms with Crippen LogP contribution in [0.25, 0.3) is 0 Å². The Morgan fingerprint density at radius 3 is 2.49 bits per heavy atom. The molecule has 2 aromatic heterocycles. The van der Waals surface area contributed by atoms with Gasteiger partial charge in [0.05, 0.1) is 28.4 Å². The van der Waals surface area contributed by atoms with Gasteiger partial charge in [-0.15, -0.1) is 11.3 Å². The van der Waals surface area contributed by atoms with Gasteiger partial charge >= 0.3 is 5.97 Å². The van der Waals surface area contributed by atoms with Crippen LogP contribution >= 0.6 is 11.3 Å². The molecule has 4 N–H and O–H groups in total. The van der Waals surface area contributed by atoms with Crippen LogP contribution in [-0.2, 0) is 20.7 Å². The van der Waals surface area contributed by atoms with Gasteiger partial charge in [-0.2, -0.15) is 0 Å². The third-order valence-corrected chi connectivity index (χ3v) is 6.89. The van der Waals surface area contributed by atoms with Crippen LogP contribution in [0.1, 0.15) is 56.7 Å². The van der Waals surface area contributed by atoms with Crippen LogP contribution in [0.4, 0.5) is 5.95 Å². The topological polar surface area (TPSA) is 152 Å². The van der Waals surface area contributed by atoms with Crippen molar-refractivity contribution in [2.24, 2.45) is 0 Å². The first-order valence-corrected chi connectivity index (χ1v) is 14.4. The number of esters is 1. The number of benzene rings is 1. The highest BCUT2D eigenvalue weighted by molar-refractivity contribution is 7.12. The maximum absolute atomic E-state index is 13.3. The smallest absolute Gasteiger partial charge is 0.330 e. The Labute approximate surface area is 243 Å². The molecule has 3 aromatic rings. The van der Waals surface area contributed by atoms with E-state index in [1.807, 2.05) is 19.1 Å². The fraction of sp³-hybridized carbons (Fsp3) is 0.414. The lowest BCUT2D eigenvalue weighted by Crippen LogP contribution is -2.49. The lowest BCUT2D eigenvalue weighted by atomic mass is 10.1. The number of rotatable bonds is 16. The van der Waals surface area contributed by atoms with Crippen molar-refractivity contribution >= 4 is 35.1 Å². The molecule has 0 bridgehead atoms. The zero-order chi connectivity index (χ0) is 29.6. The summed E-state index contributed by atoms with van der Waals surface area (Å²) in [6, 6.07) is 9.44. The molecule has 0 aliphatic carbocycles. The second kappa shape index (κ2) is 16.3. The van der Waals surface area contributed by atoms with E-state index in [9.17, 15) is 19.5 Å². The lowest BCUT2D eigenvalue weighted by molar-refractivity contribution is -0.146. The predicted octanol–water partition coefficient (Wildman–Crippen LogP) is 3.40. The standard InChI is InChI=1S/C29H37N5O6S/c1-4-39-14-8-15-40-28(38)23(18-31-26(36)24-12-7-16-41-24)34-27(37)25-19(2)32-29(33-20(25)3)30-13-6-10-21-9-5-11-22(35)17-21/h5,7,9,11-12,16-17,23,35H,4,6,8,10,13-15,18H2,1-3H3,(H,31,36)(H,34,37)(H,30,32,33)/t23-/m0/s1. The highest BCUT2D eigenvalue weighted by Crippen LogP contribution is 2.15. The van der Waals surface area contributed by atoms with Gasteiger partial charge in [0.2, 0.25) is 5.95 Å². The molecular weight excluding hydrogens is 546 g/mol. The second-order valence-corrected chi connectivity index (χ2v) is 10.2. The molecule has 2 amide bonds. The number of ether oxygens (including phenoxy) is 2. The normalized spacial score (nSPS) is 11.5. The molecule has 12 heteroatoms. The quantitative estimate of drug-likeness (QED) is 0.147. The number of aryl methyl sites for hydroxylation is 3. The Morgan fingerprint density at radius 1 is 1.02 bits per heavy atom. The van der Waals surface area contributed by atoms with Gasteiger partial charge in [0.15, 0.2) is 0 Å². The molecule has 0 fully saturated rings. The molecule has 1 aromatic carbocycles. The number of carbonyl (C=O) groups is 3. The first kappa shape index (κ1) is 31.5. The van der Waals surface area contributed by atoms with Gasteiger partial charge in [-0.05, 0) is 62.8 Å². The molecule has 0 saturated carbocycles. The number of phenols is 1. The Balaban J connectivity index is 1.61. The van der Waals surface area contributed by atoms with E-state index in [-0.39, 0.29) is 30.4 Å². The van der Waals surface area contributed by atoms with Crippen molar-refractivity contribution in [3.8, 4) is 5.75 Å². The molecule has 0 saturated heterocycles. The Bertz CT molecular complexity index is 1280. The number of phenolic OH excluding ortho intramolecular Hbond substituents is 1. The second-order valence-electron chi connectivity index (χ2n) is 9.22. The summed E-state index contributed by atoms with van der Waals surface area (Å²) in [6.07, 6.45) is 2.07. The highest BCUT2D eigenvalue weighted by Gasteiger charge is 2.26. The molecular formula is C29H37N5O6S. The summed E-state index contributed by atoms with van der Waals surface area (Å²) in [5.74, 6) is -0.931. The zero-order valence-electron chi connectivity index (χ0n) is 23.6. The first-order valence-electron chi connectivity index (χ1n) is 13.5. The number of hydrogen-bond donors (Lipinski definition) is 4. The summed E-state index contributed by atoms with van der Waals surface area (Å²) in [5, 5.41) is 19.9. The van der Waals surface area contributed by atoms with E-state index in [0.29, 0.717) is 48.4 Å². The van der Waals surface area contributed by atoms with Crippen molar-refractivity contribution in [3.63, 3.8) is 0 Å². The first-order chi connectivity index (χ1) is 19.8. The summed E-state index contributed by atoms with van der Waals surface area (Å²) in [4.78, 5) is 47.9. The number of anilines is 1. The summed E-state index contributed by atoms with van der Waals surface area (Å²) in [7, 11) is 0. The summed E-state index contributed by atoms with van der Waals surface area (Å²) < 4.78 is 10.6. The fourth-order valence-electron chi connectivity index (χ4n) is 4.02. The van der Waals surface area contributed by atoms with E-state index in [4.69, 9.17) is 9.47 Å². The number of amides is 2. The van der Waals surface area contributed by atoms with Crippen LogP contribution in [0.5, 0.6) is 5.75 Å². The molecule has 3 rings (SSSR count). The summed E-state index contributed by atoms with van der Waals surface area (Å²) in [5.41, 5.74) is 2.16. The molecule has 0 spiro atoms. The SMILES string of the molecule is CCOCCCOC(=O)[C@H](CNC(=O)c1cccs1)NC(=O)c1c(C)nc(NCCCc2cccc(O)c2)nc1C. The van der Waals surface area contributed by atoms with Crippen LogP contribution in [-0.4, -0.2) is 71.8 Å². The molecule has 0 radical (unpaired) electrons. The van der Waals surface area contributed by atoms with E-state index < -0.39 is 17.9 Å². The Kier molecular flexibility index (Phi) is 12.5. The van der Waals surface area contributed by atoms with Gasteiger partial charge < -0.3 is 30.5 Å². The number of nitrogens with one attached hydrogen (secondary N) is 3. The van der Waals surface area contributed by atoms with E-state index in [0.717, 1.165) is 18.4 Å². The summed E-state index contributed by atoms with van der Waals surface area (Å²) >= 11 is 1.27. The van der Waals surface area contributed by atoms with Crippen molar-refractivity contribution in [3.05, 3.63) is 69.2 Å². The van der Waals surface area contributed by atoms with Gasteiger partial charge in [0.1, 0.15) is 11.8 Å². The molecule has 1 atom stereocenters. The zero-order valence-corrected chi connectivity index (χ0v) is 24.4. The summed E-state index contributed by atoms with van der Waals surface area (Å²) in [6.45, 7) is 6.85. The molecule has 0 unspecified atom stereocenters. The minimum atomic E-state index is -1.12. The van der Waals surface area contributed by atoms with Crippen molar-refractivity contribution in [1.29, 1.82) is 0 Å². The molecule has 2 heterocycles. The number of hydrogen-bond acceptors (Lipinski definition) is 10. The van der Waals surface area contributed by atoms with Crippen molar-refractivity contribution in [1.82, 2.24) is 20.6 Å². The highest BCUT2D eigenvalue weighted by atomic mass is 32.1. The minimum absolute atomic E-state index is 0.122. The fourth-order valence-corrected chi connectivity index (χ4v) is 4.66. The van der Waals surface area contributed by atoms with Crippen LogP contribution in [0.15, 0.2) is 41.8 Å². The molecule has 11 nitrogen and oxygen atoms in total. The third-order valence-electron chi connectivity index (χ3n) is 6.02. The Morgan fingerprint density at radius 2 is 1.80 bits per heavy atom. The third kappa shape index (κ3) is 10.1. The van der Waals surface area contributed by atoms with Gasteiger partial charge in [-0.3, -0.25) is 9.59 Å². The molecule has 41 heavy (non-hydrogen) atoms. The van der Waals surface area contributed by atoms with Gasteiger partial charge in [0.25, 0.3) is 11.8 Å². The van der Waals surface area contributed by atoms with Crippen LogP contribution in [0.3, 0.4) is 0 Å². The molecule has 0 aliphatic heterocycles. The van der Waals surface area contributed by atoms with Crippen LogP contribution < -0.4 is 16.0 Å². The number of thiophene rings is 1. The van der Waals surface area contributed by atoms with Crippen LogP contribution in [0.2, 0.25) is 0 Å². The predicted molar refractivity (Wildman–Crippen MR) is 156 cm³/mol. The Hall–Kier alpha value is -4.03. The largest absolute Gasteiger partial charge is 0.508 e. The van der Waals surface area contributed by atoms with Crippen molar-refractivity contribution in [2.75, 3.05) is 38.2 Å². The number of nitrogens with zero attached hydrogens (tertiary/aromatic N) is 2. The van der Waals surface area contributed by atoms with E-state index >= 15 is 0 Å². The maximum atomic E-state index is 13.3. The molecule has 220 valence electrons. The van der Waals surface area contributed by atoms with E-state index in [1.165, 1.54) is 11.3 Å². The van der Waals surface area contributed by atoms with Crippen molar-refractivity contribution < 1.29 is 29.0 Å². The molecule has 0 aliphatic rings. The van der Waals surface area contributed by atoms with Crippen molar-refractivity contribution in [2.45, 2.75) is 46.1 Å². The number of aromatic nitrogens is 2. The van der Waals surface area contributed by atoms with Gasteiger partial charge in [-0.1, -0.05) is 18.2 Å². The minimum Gasteiger partial charge on any atom is -0.508 e. The van der Waals surface area contributed by atoms with E-state index in [1.54, 1.807) is 43.5 Å². The maximum Gasteiger partial charge on any atom is 0.330 e. The lowest BCUT2D eigenvalue weighted by Gasteiger charge is -2.19. The average molecular weight is 584 g/mol. The number of carbonyl (C=O) groups excluding carboxylic acids is 3. The average Bonchev–Trinajstić information content (AvgIpc) is 3.48. The number of aromatic hydroxyl groups is 1.